The van der Waals surface area contributed by atoms with Gasteiger partial charge in [0.05, 0.1) is 5.69 Å². The number of fused-ring (bicyclic) bond motifs is 3. The van der Waals surface area contributed by atoms with Crippen LogP contribution < -0.4 is 5.32 Å². The van der Waals surface area contributed by atoms with Crippen molar-refractivity contribution in [1.82, 2.24) is 19.7 Å². The predicted molar refractivity (Wildman–Crippen MR) is 103 cm³/mol. The molecule has 1 aliphatic rings. The van der Waals surface area contributed by atoms with Gasteiger partial charge < -0.3 is 9.88 Å². The molecule has 0 radical (unpaired) electrons. The average molecular weight is 355 g/mol. The molecule has 2 heterocycles. The van der Waals surface area contributed by atoms with Gasteiger partial charge in [-0.05, 0) is 17.7 Å². The molecule has 0 spiro atoms. The van der Waals surface area contributed by atoms with Gasteiger partial charge in [-0.15, -0.1) is 0 Å². The molecule has 4 aromatic rings. The number of hydrogen-bond acceptors (Lipinski definition) is 3. The summed E-state index contributed by atoms with van der Waals surface area (Å²) >= 11 is 0. The fraction of sp³-hybridized carbons (Fsp3) is 0.0952. The van der Waals surface area contributed by atoms with Gasteiger partial charge in [0.2, 0.25) is 5.91 Å². The lowest BCUT2D eigenvalue weighted by Crippen LogP contribution is -2.19. The first-order chi connectivity index (χ1) is 13.3. The van der Waals surface area contributed by atoms with Gasteiger partial charge in [0.15, 0.2) is 5.82 Å². The number of para-hydroxylation sites is 1. The smallest absolute Gasteiger partial charge is 0.244 e. The second kappa shape index (κ2) is 6.25. The molecule has 0 saturated heterocycles. The molecule has 2 N–H and O–H groups in total. The quantitative estimate of drug-likeness (QED) is 0.518. The van der Waals surface area contributed by atoms with Crippen LogP contribution in [0.15, 0.2) is 67.0 Å². The summed E-state index contributed by atoms with van der Waals surface area (Å²) in [6, 6.07) is 17.7. The molecule has 2 aromatic heterocycles. The number of imidazole rings is 1. The number of carbonyl (C=O) groups excluding carboxylic acids is 1. The molecule has 6 heteroatoms. The van der Waals surface area contributed by atoms with Crippen molar-refractivity contribution in [3.8, 4) is 22.8 Å². The molecule has 0 unspecified atom stereocenters. The number of rotatable bonds is 4. The van der Waals surface area contributed by atoms with Gasteiger partial charge in [0.25, 0.3) is 0 Å². The first-order valence-electron chi connectivity index (χ1n) is 8.81. The van der Waals surface area contributed by atoms with Gasteiger partial charge in [-0.1, -0.05) is 42.5 Å². The number of amides is 1. The molecule has 132 valence electrons. The maximum atomic E-state index is 12.4. The fourth-order valence-electron chi connectivity index (χ4n) is 3.58. The molecule has 2 aromatic carbocycles. The molecule has 0 bridgehead atoms. The van der Waals surface area contributed by atoms with Crippen molar-refractivity contribution in [2.45, 2.75) is 13.0 Å². The number of aromatic amines is 1. The Balaban J connectivity index is 1.42. The van der Waals surface area contributed by atoms with E-state index < -0.39 is 0 Å². The van der Waals surface area contributed by atoms with E-state index in [0.717, 1.165) is 40.4 Å². The SMILES string of the molecule is O=C(Cn1ccnc1-c1[nH]nc2c1Cc1ccccc1-2)Nc1ccccc1. The van der Waals surface area contributed by atoms with E-state index in [1.54, 1.807) is 6.20 Å². The van der Waals surface area contributed by atoms with Crippen LogP contribution in [-0.2, 0) is 17.8 Å². The Kier molecular flexibility index (Phi) is 3.60. The Hall–Kier alpha value is -3.67. The molecular formula is C21H17N5O. The first kappa shape index (κ1) is 15.6. The number of anilines is 1. The minimum absolute atomic E-state index is 0.0973. The van der Waals surface area contributed by atoms with Crippen molar-refractivity contribution in [3.05, 3.63) is 78.1 Å². The van der Waals surface area contributed by atoms with Crippen molar-refractivity contribution < 1.29 is 4.79 Å². The molecule has 27 heavy (non-hydrogen) atoms. The Morgan fingerprint density at radius 1 is 1.11 bits per heavy atom. The van der Waals surface area contributed by atoms with Crippen LogP contribution >= 0.6 is 0 Å². The number of aromatic nitrogens is 4. The number of H-pyrrole nitrogens is 1. The summed E-state index contributed by atoms with van der Waals surface area (Å²) in [7, 11) is 0. The summed E-state index contributed by atoms with van der Waals surface area (Å²) in [6.07, 6.45) is 4.34. The van der Waals surface area contributed by atoms with Crippen LogP contribution in [0.4, 0.5) is 5.69 Å². The monoisotopic (exact) mass is 355 g/mol. The number of hydrogen-bond donors (Lipinski definition) is 2. The number of benzene rings is 2. The molecular weight excluding hydrogens is 338 g/mol. The second-order valence-electron chi connectivity index (χ2n) is 6.55. The summed E-state index contributed by atoms with van der Waals surface area (Å²) in [6.45, 7) is 0.185. The number of carbonyl (C=O) groups is 1. The lowest BCUT2D eigenvalue weighted by Gasteiger charge is -2.09. The van der Waals surface area contributed by atoms with Crippen molar-refractivity contribution in [2.75, 3.05) is 5.32 Å². The van der Waals surface area contributed by atoms with Crippen LogP contribution in [-0.4, -0.2) is 25.7 Å². The highest BCUT2D eigenvalue weighted by molar-refractivity contribution is 5.91. The third-order valence-electron chi connectivity index (χ3n) is 4.82. The van der Waals surface area contributed by atoms with E-state index in [-0.39, 0.29) is 12.5 Å². The summed E-state index contributed by atoms with van der Waals surface area (Å²) < 4.78 is 1.84. The summed E-state index contributed by atoms with van der Waals surface area (Å²) in [5.41, 5.74) is 6.19. The molecule has 5 rings (SSSR count). The molecule has 1 aliphatic carbocycles. The van der Waals surface area contributed by atoms with E-state index in [0.29, 0.717) is 0 Å². The van der Waals surface area contributed by atoms with Gasteiger partial charge in [-0.2, -0.15) is 5.10 Å². The van der Waals surface area contributed by atoms with Gasteiger partial charge in [0.1, 0.15) is 12.2 Å². The van der Waals surface area contributed by atoms with Crippen LogP contribution in [0.25, 0.3) is 22.8 Å². The second-order valence-corrected chi connectivity index (χ2v) is 6.55. The zero-order chi connectivity index (χ0) is 18.2. The van der Waals surface area contributed by atoms with Crippen molar-refractivity contribution in [1.29, 1.82) is 0 Å². The minimum Gasteiger partial charge on any atom is -0.325 e. The largest absolute Gasteiger partial charge is 0.325 e. The standard InChI is InChI=1S/C21H17N5O/c27-18(23-15-7-2-1-3-8-15)13-26-11-10-22-21(26)20-17-12-14-6-4-5-9-16(14)19(17)24-25-20/h1-11H,12-13H2,(H,23,27)(H,24,25). The molecule has 1 amide bonds. The highest BCUT2D eigenvalue weighted by atomic mass is 16.1. The van der Waals surface area contributed by atoms with Gasteiger partial charge in [-0.25, -0.2) is 4.98 Å². The van der Waals surface area contributed by atoms with Crippen LogP contribution in [0.2, 0.25) is 0 Å². The normalized spacial score (nSPS) is 11.9. The first-order valence-corrected chi connectivity index (χ1v) is 8.81. The lowest BCUT2D eigenvalue weighted by atomic mass is 10.1. The Bertz CT molecular complexity index is 1130. The Morgan fingerprint density at radius 3 is 2.81 bits per heavy atom. The molecule has 0 fully saturated rings. The van der Waals surface area contributed by atoms with E-state index in [1.165, 1.54) is 5.56 Å². The number of nitrogens with zero attached hydrogens (tertiary/aromatic N) is 3. The fourth-order valence-corrected chi connectivity index (χ4v) is 3.58. The van der Waals surface area contributed by atoms with Gasteiger partial charge >= 0.3 is 0 Å². The minimum atomic E-state index is -0.0973. The maximum Gasteiger partial charge on any atom is 0.244 e. The highest BCUT2D eigenvalue weighted by Gasteiger charge is 2.26. The predicted octanol–water partition coefficient (Wildman–Crippen LogP) is 3.48. The summed E-state index contributed by atoms with van der Waals surface area (Å²) in [5.74, 6) is 0.625. The van der Waals surface area contributed by atoms with E-state index in [1.807, 2.05) is 53.2 Å². The van der Waals surface area contributed by atoms with Crippen molar-refractivity contribution in [3.63, 3.8) is 0 Å². The van der Waals surface area contributed by atoms with E-state index >= 15 is 0 Å². The Labute approximate surface area is 155 Å². The number of nitrogens with one attached hydrogen (secondary N) is 2. The van der Waals surface area contributed by atoms with Crippen LogP contribution in [0.5, 0.6) is 0 Å². The van der Waals surface area contributed by atoms with Crippen LogP contribution in [0.1, 0.15) is 11.1 Å². The third kappa shape index (κ3) is 2.71. The maximum absolute atomic E-state index is 12.4. The Morgan fingerprint density at radius 2 is 1.93 bits per heavy atom. The summed E-state index contributed by atoms with van der Waals surface area (Å²) in [4.78, 5) is 16.9. The summed E-state index contributed by atoms with van der Waals surface area (Å²) in [5, 5.41) is 10.5. The third-order valence-corrected chi connectivity index (χ3v) is 4.82. The van der Waals surface area contributed by atoms with E-state index in [2.05, 4.69) is 32.6 Å². The molecule has 0 saturated carbocycles. The lowest BCUT2D eigenvalue weighted by molar-refractivity contribution is -0.116. The van der Waals surface area contributed by atoms with Crippen LogP contribution in [0, 0.1) is 0 Å². The van der Waals surface area contributed by atoms with E-state index in [4.69, 9.17) is 0 Å². The molecule has 0 aliphatic heterocycles. The van der Waals surface area contributed by atoms with Crippen molar-refractivity contribution in [2.24, 2.45) is 0 Å². The average Bonchev–Trinajstić information content (AvgIpc) is 3.37. The van der Waals surface area contributed by atoms with Gasteiger partial charge in [0, 0.05) is 35.6 Å². The van der Waals surface area contributed by atoms with Crippen LogP contribution in [0.3, 0.4) is 0 Å². The molecule has 0 atom stereocenters. The highest BCUT2D eigenvalue weighted by Crippen LogP contribution is 2.39. The van der Waals surface area contributed by atoms with Gasteiger partial charge in [-0.3, -0.25) is 9.89 Å². The zero-order valence-electron chi connectivity index (χ0n) is 14.5. The van der Waals surface area contributed by atoms with Crippen molar-refractivity contribution >= 4 is 11.6 Å². The van der Waals surface area contributed by atoms with E-state index in [9.17, 15) is 4.79 Å². The zero-order valence-corrected chi connectivity index (χ0v) is 14.5. The topological polar surface area (TPSA) is 75.6 Å². The molecule has 6 nitrogen and oxygen atoms in total.